The molecule has 0 saturated carbocycles. The van der Waals surface area contributed by atoms with E-state index >= 15 is 0 Å². The van der Waals surface area contributed by atoms with Gasteiger partial charge in [-0.15, -0.1) is 4.99 Å². The number of nitrogens with two attached hydrogens (primary N) is 2. The molecule has 5 N–H and O–H groups in total. The Kier molecular flexibility index (Phi) is 6.65. The zero-order valence-corrected chi connectivity index (χ0v) is 7.95. The van der Waals surface area contributed by atoms with Crippen LogP contribution in [0, 0.1) is 11.5 Å². The number of rotatable bonds is 0. The summed E-state index contributed by atoms with van der Waals surface area (Å²) in [6.45, 7) is 3.49. The molecule has 5 heteroatoms. The van der Waals surface area contributed by atoms with Gasteiger partial charge in [0.05, 0.1) is 0 Å². The standard InChI is InChI=1S/C6H13N.C2H4N4/c1-6-4-2-3-5-7-6;3-1-6-2(4)5/h6-7H,2-5H2,1H3;(H4,4,5,6). The second kappa shape index (κ2) is 7.37. The molecule has 74 valence electrons. The first-order valence-electron chi connectivity index (χ1n) is 4.38. The van der Waals surface area contributed by atoms with Gasteiger partial charge in [-0.3, -0.25) is 0 Å². The Labute approximate surface area is 78.8 Å². The lowest BCUT2D eigenvalue weighted by Crippen LogP contribution is -2.30. The van der Waals surface area contributed by atoms with Crippen molar-refractivity contribution in [3.63, 3.8) is 0 Å². The van der Waals surface area contributed by atoms with Crippen molar-refractivity contribution in [1.29, 1.82) is 5.26 Å². The third kappa shape index (κ3) is 8.63. The van der Waals surface area contributed by atoms with Crippen LogP contribution in [0.25, 0.3) is 0 Å². The van der Waals surface area contributed by atoms with Gasteiger partial charge in [0.2, 0.25) is 12.2 Å². The van der Waals surface area contributed by atoms with Crippen LogP contribution in [0.2, 0.25) is 0 Å². The van der Waals surface area contributed by atoms with Crippen LogP contribution in [0.15, 0.2) is 4.99 Å². The Morgan fingerprint density at radius 3 is 2.38 bits per heavy atom. The summed E-state index contributed by atoms with van der Waals surface area (Å²) >= 11 is 0. The number of nitrogens with zero attached hydrogens (tertiary/aromatic N) is 2. The highest BCUT2D eigenvalue weighted by Crippen LogP contribution is 2.04. The van der Waals surface area contributed by atoms with Gasteiger partial charge in [0.15, 0.2) is 0 Å². The first kappa shape index (κ1) is 11.7. The molecule has 1 rings (SSSR count). The van der Waals surface area contributed by atoms with Crippen LogP contribution in [0.3, 0.4) is 0 Å². The average molecular weight is 183 g/mol. The fourth-order valence-electron chi connectivity index (χ4n) is 1.08. The molecule has 0 aromatic rings. The average Bonchev–Trinajstić information content (AvgIpc) is 2.06. The maximum Gasteiger partial charge on any atom is 0.209 e. The summed E-state index contributed by atoms with van der Waals surface area (Å²) in [6.07, 6.45) is 5.58. The van der Waals surface area contributed by atoms with E-state index in [9.17, 15) is 0 Å². The largest absolute Gasteiger partial charge is 0.369 e. The van der Waals surface area contributed by atoms with Crippen LogP contribution in [-0.4, -0.2) is 18.5 Å². The molecule has 1 fully saturated rings. The van der Waals surface area contributed by atoms with Crippen LogP contribution in [0.4, 0.5) is 0 Å². The molecule has 1 heterocycles. The van der Waals surface area contributed by atoms with E-state index in [-0.39, 0.29) is 5.96 Å². The first-order valence-corrected chi connectivity index (χ1v) is 4.38. The van der Waals surface area contributed by atoms with Crippen LogP contribution in [0.1, 0.15) is 26.2 Å². The Morgan fingerprint density at radius 2 is 2.23 bits per heavy atom. The molecule has 13 heavy (non-hydrogen) atoms. The van der Waals surface area contributed by atoms with E-state index in [2.05, 4.69) is 17.2 Å². The van der Waals surface area contributed by atoms with Gasteiger partial charge in [0, 0.05) is 6.04 Å². The van der Waals surface area contributed by atoms with Gasteiger partial charge >= 0.3 is 0 Å². The Bertz CT molecular complexity index is 183. The highest BCUT2D eigenvalue weighted by molar-refractivity contribution is 5.76. The maximum atomic E-state index is 7.64. The fourth-order valence-corrected chi connectivity index (χ4v) is 1.08. The van der Waals surface area contributed by atoms with Crippen LogP contribution < -0.4 is 16.8 Å². The van der Waals surface area contributed by atoms with E-state index in [4.69, 9.17) is 16.7 Å². The van der Waals surface area contributed by atoms with Crippen LogP contribution in [0.5, 0.6) is 0 Å². The smallest absolute Gasteiger partial charge is 0.209 e. The highest BCUT2D eigenvalue weighted by Gasteiger charge is 2.04. The van der Waals surface area contributed by atoms with Crippen molar-refractivity contribution < 1.29 is 0 Å². The van der Waals surface area contributed by atoms with Crippen molar-refractivity contribution in [3.8, 4) is 6.19 Å². The summed E-state index contributed by atoms with van der Waals surface area (Å²) < 4.78 is 0. The number of guanidine groups is 1. The van der Waals surface area contributed by atoms with Gasteiger partial charge < -0.3 is 16.8 Å². The van der Waals surface area contributed by atoms with Gasteiger partial charge in [-0.25, -0.2) is 0 Å². The highest BCUT2D eigenvalue weighted by atomic mass is 15.0. The second-order valence-corrected chi connectivity index (χ2v) is 2.99. The summed E-state index contributed by atoms with van der Waals surface area (Å²) in [5.74, 6) is -0.197. The minimum absolute atomic E-state index is 0.197. The molecular formula is C8H17N5. The second-order valence-electron chi connectivity index (χ2n) is 2.99. The molecule has 1 aliphatic rings. The number of piperidine rings is 1. The quantitative estimate of drug-likeness (QED) is 0.277. The molecule has 5 nitrogen and oxygen atoms in total. The van der Waals surface area contributed by atoms with E-state index in [0.29, 0.717) is 0 Å². The predicted octanol–water partition coefficient (Wildman–Crippen LogP) is -0.111. The molecule has 0 amide bonds. The van der Waals surface area contributed by atoms with Gasteiger partial charge in [-0.05, 0) is 26.3 Å². The molecule has 0 aromatic heterocycles. The topological polar surface area (TPSA) is 100 Å². The minimum Gasteiger partial charge on any atom is -0.369 e. The molecule has 0 aliphatic carbocycles. The third-order valence-corrected chi connectivity index (χ3v) is 1.74. The number of aliphatic imine (C=N–C) groups is 1. The monoisotopic (exact) mass is 183 g/mol. The van der Waals surface area contributed by atoms with Gasteiger partial charge in [-0.2, -0.15) is 5.26 Å². The van der Waals surface area contributed by atoms with Gasteiger partial charge in [0.1, 0.15) is 0 Å². The number of hydrogen-bond donors (Lipinski definition) is 3. The van der Waals surface area contributed by atoms with E-state index in [1.54, 1.807) is 0 Å². The van der Waals surface area contributed by atoms with E-state index < -0.39 is 0 Å². The van der Waals surface area contributed by atoms with Crippen molar-refractivity contribution in [2.45, 2.75) is 32.2 Å². The van der Waals surface area contributed by atoms with E-state index in [1.165, 1.54) is 32.0 Å². The maximum absolute atomic E-state index is 7.64. The molecule has 1 aliphatic heterocycles. The van der Waals surface area contributed by atoms with E-state index in [0.717, 1.165) is 6.04 Å². The molecular weight excluding hydrogens is 166 g/mol. The molecule has 0 spiro atoms. The SMILES string of the molecule is CC1CCCCN1.N#CN=C(N)N. The van der Waals surface area contributed by atoms with Crippen LogP contribution in [-0.2, 0) is 0 Å². The van der Waals surface area contributed by atoms with E-state index in [1.807, 2.05) is 0 Å². The first-order chi connectivity index (χ1) is 6.16. The van der Waals surface area contributed by atoms with Crippen LogP contribution >= 0.6 is 0 Å². The van der Waals surface area contributed by atoms with Gasteiger partial charge in [-0.1, -0.05) is 6.42 Å². The van der Waals surface area contributed by atoms with Gasteiger partial charge in [0.25, 0.3) is 0 Å². The third-order valence-electron chi connectivity index (χ3n) is 1.74. The zero-order valence-electron chi connectivity index (χ0n) is 7.95. The van der Waals surface area contributed by atoms with Crippen molar-refractivity contribution in [2.24, 2.45) is 16.5 Å². The van der Waals surface area contributed by atoms with Crippen molar-refractivity contribution in [2.75, 3.05) is 6.54 Å². The minimum atomic E-state index is -0.197. The molecule has 1 atom stereocenters. The molecule has 1 saturated heterocycles. The number of nitrogens with one attached hydrogen (secondary N) is 1. The van der Waals surface area contributed by atoms with Crippen molar-refractivity contribution >= 4 is 5.96 Å². The Morgan fingerprint density at radius 1 is 1.54 bits per heavy atom. The number of hydrogen-bond acceptors (Lipinski definition) is 3. The Balaban J connectivity index is 0.000000226. The normalized spacial score (nSPS) is 20.5. The lowest BCUT2D eigenvalue weighted by molar-refractivity contribution is 0.425. The van der Waals surface area contributed by atoms with Crippen molar-refractivity contribution in [3.05, 3.63) is 0 Å². The summed E-state index contributed by atoms with van der Waals surface area (Å²) in [7, 11) is 0. The lowest BCUT2D eigenvalue weighted by atomic mass is 10.1. The van der Waals surface area contributed by atoms with Crippen molar-refractivity contribution in [1.82, 2.24) is 5.32 Å². The summed E-state index contributed by atoms with van der Waals surface area (Å²) in [5, 5.41) is 11.0. The lowest BCUT2D eigenvalue weighted by Gasteiger charge is -2.18. The fraction of sp³-hybridized carbons (Fsp3) is 0.750. The number of nitriles is 1. The predicted molar refractivity (Wildman–Crippen MR) is 52.7 cm³/mol. The summed E-state index contributed by atoms with van der Waals surface area (Å²) in [5.41, 5.74) is 9.42. The Hall–Kier alpha value is -1.28. The zero-order chi connectivity index (χ0) is 10.1. The summed E-state index contributed by atoms with van der Waals surface area (Å²) in [6, 6.07) is 0.786. The summed E-state index contributed by atoms with van der Waals surface area (Å²) in [4.78, 5) is 2.90. The molecule has 0 radical (unpaired) electrons. The molecule has 0 bridgehead atoms. The molecule has 1 unspecified atom stereocenters. The molecule has 0 aromatic carbocycles.